The van der Waals surface area contributed by atoms with Crippen LogP contribution in [-0.2, 0) is 4.74 Å². The summed E-state index contributed by atoms with van der Waals surface area (Å²) in [5, 5.41) is 14.8. The van der Waals surface area contributed by atoms with Crippen molar-refractivity contribution in [3.05, 3.63) is 39.8 Å². The summed E-state index contributed by atoms with van der Waals surface area (Å²) < 4.78 is 7.46. The van der Waals surface area contributed by atoms with Crippen LogP contribution < -0.4 is 5.56 Å². The van der Waals surface area contributed by atoms with Crippen LogP contribution in [0, 0.1) is 18.3 Å². The van der Waals surface area contributed by atoms with E-state index in [1.165, 1.54) is 0 Å². The highest BCUT2D eigenvalue weighted by Crippen LogP contribution is 2.30. The summed E-state index contributed by atoms with van der Waals surface area (Å²) in [5.41, 5.74) is 2.84. The van der Waals surface area contributed by atoms with Crippen LogP contribution >= 0.6 is 0 Å². The number of rotatable bonds is 4. The zero-order valence-corrected chi connectivity index (χ0v) is 18.8. The van der Waals surface area contributed by atoms with E-state index in [-0.39, 0.29) is 17.5 Å². The first-order chi connectivity index (χ1) is 16.1. The lowest BCUT2D eigenvalue weighted by atomic mass is 10.0. The number of nitrogens with one attached hydrogen (secondary N) is 1. The molecule has 0 saturated carbocycles. The molecular weight excluding hydrogens is 420 g/mol. The Balaban J connectivity index is 1.52. The molecule has 1 amide bonds. The third kappa shape index (κ3) is 4.01. The number of piperazine rings is 1. The number of amides is 1. The van der Waals surface area contributed by atoms with Gasteiger partial charge in [0.25, 0.3) is 11.5 Å². The second kappa shape index (κ2) is 8.96. The Morgan fingerprint density at radius 1 is 1.21 bits per heavy atom. The maximum absolute atomic E-state index is 13.5. The third-order valence-electron chi connectivity index (χ3n) is 6.87. The van der Waals surface area contributed by atoms with Crippen LogP contribution in [0.15, 0.2) is 23.1 Å². The number of hydrogen-bond donors (Lipinski definition) is 1. The number of aryl methyl sites for hydroxylation is 1. The van der Waals surface area contributed by atoms with Gasteiger partial charge in [0.05, 0.1) is 34.7 Å². The highest BCUT2D eigenvalue weighted by atomic mass is 16.5. The number of H-pyrrole nitrogens is 1. The van der Waals surface area contributed by atoms with Crippen LogP contribution in [-0.4, -0.2) is 76.4 Å². The highest BCUT2D eigenvalue weighted by molar-refractivity contribution is 6.07. The first kappa shape index (κ1) is 21.6. The molecule has 1 aromatic carbocycles. The van der Waals surface area contributed by atoms with Gasteiger partial charge in [0.1, 0.15) is 0 Å². The van der Waals surface area contributed by atoms with Crippen molar-refractivity contribution in [1.82, 2.24) is 24.6 Å². The Morgan fingerprint density at radius 3 is 2.70 bits per heavy atom. The van der Waals surface area contributed by atoms with Crippen molar-refractivity contribution in [3.8, 4) is 6.07 Å². The number of nitrogens with zero attached hydrogens (tertiary/aromatic N) is 5. The van der Waals surface area contributed by atoms with E-state index < -0.39 is 0 Å². The molecule has 2 aliphatic heterocycles. The zero-order valence-electron chi connectivity index (χ0n) is 18.8. The van der Waals surface area contributed by atoms with E-state index in [1.54, 1.807) is 6.20 Å². The van der Waals surface area contributed by atoms with Crippen LogP contribution in [0.2, 0.25) is 0 Å². The number of fused-ring (bicyclic) bond motifs is 3. The molecule has 0 atom stereocenters. The minimum Gasteiger partial charge on any atom is -0.381 e. The van der Waals surface area contributed by atoms with E-state index in [4.69, 9.17) is 10.00 Å². The van der Waals surface area contributed by atoms with Gasteiger partial charge >= 0.3 is 0 Å². The fourth-order valence-electron chi connectivity index (χ4n) is 4.98. The molecule has 0 aliphatic carbocycles. The van der Waals surface area contributed by atoms with Crippen molar-refractivity contribution >= 4 is 27.7 Å². The minimum atomic E-state index is -0.164. The molecule has 5 rings (SSSR count). The number of aromatic amines is 1. The van der Waals surface area contributed by atoms with Gasteiger partial charge in [-0.3, -0.25) is 19.2 Å². The molecule has 3 aromatic rings. The summed E-state index contributed by atoms with van der Waals surface area (Å²) in [7, 11) is 0. The average molecular weight is 449 g/mol. The largest absolute Gasteiger partial charge is 0.381 e. The number of aromatic nitrogens is 3. The smallest absolute Gasteiger partial charge is 0.259 e. The van der Waals surface area contributed by atoms with Crippen molar-refractivity contribution in [1.29, 1.82) is 5.26 Å². The van der Waals surface area contributed by atoms with E-state index in [9.17, 15) is 9.59 Å². The number of carbonyl (C=O) groups excluding carboxylic acids is 1. The molecule has 0 bridgehead atoms. The molecule has 9 nitrogen and oxygen atoms in total. The van der Waals surface area contributed by atoms with Gasteiger partial charge in [-0.25, -0.2) is 0 Å². The molecule has 9 heteroatoms. The van der Waals surface area contributed by atoms with Crippen molar-refractivity contribution in [3.63, 3.8) is 0 Å². The van der Waals surface area contributed by atoms with Crippen molar-refractivity contribution in [2.24, 2.45) is 0 Å². The maximum atomic E-state index is 13.5. The Labute approximate surface area is 191 Å². The van der Waals surface area contributed by atoms with Crippen LogP contribution in [0.25, 0.3) is 21.8 Å². The van der Waals surface area contributed by atoms with Crippen molar-refractivity contribution in [2.75, 3.05) is 45.9 Å². The van der Waals surface area contributed by atoms with Gasteiger partial charge in [-0.1, -0.05) is 0 Å². The number of ether oxygens (including phenoxy) is 1. The van der Waals surface area contributed by atoms with Gasteiger partial charge in [-0.2, -0.15) is 10.4 Å². The lowest BCUT2D eigenvalue weighted by molar-refractivity contribution is 0.0639. The lowest BCUT2D eigenvalue weighted by Crippen LogP contribution is -2.48. The summed E-state index contributed by atoms with van der Waals surface area (Å²) in [6.07, 6.45) is 3.83. The van der Waals surface area contributed by atoms with Gasteiger partial charge in [0.15, 0.2) is 0 Å². The SMILES string of the molecule is Cc1cc2[nH]c(=O)c3cnn(C4CCOCC4)c3c2cc1C(=O)N1CCN(CCC#N)CC1. The fraction of sp³-hybridized carbons (Fsp3) is 0.500. The number of benzene rings is 1. The van der Waals surface area contributed by atoms with Gasteiger partial charge in [-0.15, -0.1) is 0 Å². The van der Waals surface area contributed by atoms with Gasteiger partial charge in [0.2, 0.25) is 0 Å². The molecule has 0 radical (unpaired) electrons. The van der Waals surface area contributed by atoms with Crippen molar-refractivity contribution < 1.29 is 9.53 Å². The molecular formula is C24H28N6O3. The summed E-state index contributed by atoms with van der Waals surface area (Å²) in [5.74, 6) is 0.00538. The Hall–Kier alpha value is -3.22. The van der Waals surface area contributed by atoms with E-state index >= 15 is 0 Å². The van der Waals surface area contributed by atoms with Gasteiger partial charge < -0.3 is 14.6 Å². The molecule has 0 unspecified atom stereocenters. The Kier molecular flexibility index (Phi) is 5.87. The Bertz CT molecular complexity index is 1290. The fourth-order valence-corrected chi connectivity index (χ4v) is 4.98. The molecule has 2 saturated heterocycles. The van der Waals surface area contributed by atoms with Crippen LogP contribution in [0.4, 0.5) is 0 Å². The maximum Gasteiger partial charge on any atom is 0.259 e. The van der Waals surface area contributed by atoms with Crippen LogP contribution in [0.1, 0.15) is 41.2 Å². The first-order valence-corrected chi connectivity index (χ1v) is 11.6. The molecule has 1 N–H and O–H groups in total. The molecule has 0 spiro atoms. The van der Waals surface area contributed by atoms with Gasteiger partial charge in [-0.05, 0) is 37.5 Å². The number of hydrogen-bond acceptors (Lipinski definition) is 6. The van der Waals surface area contributed by atoms with E-state index in [0.717, 1.165) is 54.5 Å². The molecule has 172 valence electrons. The zero-order chi connectivity index (χ0) is 22.9. The molecule has 2 fully saturated rings. The van der Waals surface area contributed by atoms with Crippen molar-refractivity contribution in [2.45, 2.75) is 32.2 Å². The summed E-state index contributed by atoms with van der Waals surface area (Å²) >= 11 is 0. The molecule has 2 aromatic heterocycles. The standard InChI is InChI=1S/C24H28N6O3/c1-16-13-21-19(14-18(16)24(32)29-9-7-28(8-10-29)6-2-5-25)22-20(23(31)27-21)15-26-30(22)17-3-11-33-12-4-17/h13-15,17H,2-4,6-12H2,1H3,(H,27,31). The summed E-state index contributed by atoms with van der Waals surface area (Å²) in [6, 6.07) is 6.17. The lowest BCUT2D eigenvalue weighted by Gasteiger charge is -2.34. The number of carbonyl (C=O) groups is 1. The molecule has 2 aliphatic rings. The van der Waals surface area contributed by atoms with E-state index in [0.29, 0.717) is 43.7 Å². The third-order valence-corrected chi connectivity index (χ3v) is 6.87. The second-order valence-electron chi connectivity index (χ2n) is 8.90. The molecule has 33 heavy (non-hydrogen) atoms. The predicted octanol–water partition coefficient (Wildman–Crippen LogP) is 2.21. The summed E-state index contributed by atoms with van der Waals surface area (Å²) in [4.78, 5) is 33.3. The van der Waals surface area contributed by atoms with Crippen LogP contribution in [0.3, 0.4) is 0 Å². The minimum absolute atomic E-state index is 0.00538. The number of pyridine rings is 1. The van der Waals surface area contributed by atoms with Gasteiger partial charge in [0, 0.05) is 63.3 Å². The second-order valence-corrected chi connectivity index (χ2v) is 8.90. The highest BCUT2D eigenvalue weighted by Gasteiger charge is 2.25. The predicted molar refractivity (Wildman–Crippen MR) is 124 cm³/mol. The monoisotopic (exact) mass is 448 g/mol. The average Bonchev–Trinajstić information content (AvgIpc) is 3.29. The first-order valence-electron chi connectivity index (χ1n) is 11.6. The quantitative estimate of drug-likeness (QED) is 0.656. The Morgan fingerprint density at radius 2 is 1.97 bits per heavy atom. The normalized spacial score (nSPS) is 18.1. The summed E-state index contributed by atoms with van der Waals surface area (Å²) in [6.45, 7) is 6.84. The van der Waals surface area contributed by atoms with E-state index in [1.807, 2.05) is 28.6 Å². The van der Waals surface area contributed by atoms with E-state index in [2.05, 4.69) is 21.1 Å². The topological polar surface area (TPSA) is 107 Å². The molecule has 4 heterocycles. The number of nitriles is 1. The van der Waals surface area contributed by atoms with Crippen LogP contribution in [0.5, 0.6) is 0 Å².